The van der Waals surface area contributed by atoms with Crippen molar-refractivity contribution >= 4 is 29.4 Å². The van der Waals surface area contributed by atoms with Crippen LogP contribution >= 0.6 is 11.6 Å². The Morgan fingerprint density at radius 3 is 2.38 bits per heavy atom. The van der Waals surface area contributed by atoms with Gasteiger partial charge in [0.05, 0.1) is 18.7 Å². The molecule has 0 fully saturated rings. The van der Waals surface area contributed by atoms with E-state index in [4.69, 9.17) is 25.8 Å². The van der Waals surface area contributed by atoms with Crippen molar-refractivity contribution in [3.8, 4) is 17.2 Å². The topological polar surface area (TPSA) is 65.1 Å². The van der Waals surface area contributed by atoms with E-state index in [1.807, 2.05) is 6.92 Å². The van der Waals surface area contributed by atoms with Crippen LogP contribution in [0.15, 0.2) is 42.5 Å². The van der Waals surface area contributed by atoms with E-state index in [1.165, 1.54) is 18.1 Å². The number of benzene rings is 2. The number of halogens is 1. The molecule has 0 atom stereocenters. The summed E-state index contributed by atoms with van der Waals surface area (Å²) in [6.45, 7) is 2.27. The first-order valence-electron chi connectivity index (χ1n) is 9.01. The van der Waals surface area contributed by atoms with E-state index in [0.717, 1.165) is 0 Å². The highest BCUT2D eigenvalue weighted by atomic mass is 35.5. The molecule has 2 aromatic rings. The number of nitrogens with zero attached hydrogens (tertiary/aromatic N) is 1. The predicted octanol–water partition coefficient (Wildman–Crippen LogP) is 4.11. The van der Waals surface area contributed by atoms with E-state index in [-0.39, 0.29) is 18.3 Å². The molecule has 2 rings (SSSR count). The van der Waals surface area contributed by atoms with Gasteiger partial charge in [-0.05, 0) is 55.0 Å². The van der Waals surface area contributed by atoms with Gasteiger partial charge < -0.3 is 19.1 Å². The molecule has 154 valence electrons. The quantitative estimate of drug-likeness (QED) is 0.453. The Morgan fingerprint density at radius 2 is 1.79 bits per heavy atom. The fraction of sp³-hybridized carbons (Fsp3) is 0.273. The first-order valence-corrected chi connectivity index (χ1v) is 9.39. The van der Waals surface area contributed by atoms with Gasteiger partial charge in [0.2, 0.25) is 0 Å². The molecule has 7 heteroatoms. The maximum atomic E-state index is 12.4. The zero-order valence-corrected chi connectivity index (χ0v) is 17.7. The third-order valence-electron chi connectivity index (χ3n) is 3.97. The van der Waals surface area contributed by atoms with Gasteiger partial charge in [-0.25, -0.2) is 0 Å². The van der Waals surface area contributed by atoms with Gasteiger partial charge in [0.1, 0.15) is 5.75 Å². The van der Waals surface area contributed by atoms with E-state index in [9.17, 15) is 9.59 Å². The molecule has 1 amide bonds. The van der Waals surface area contributed by atoms with Gasteiger partial charge in [-0.1, -0.05) is 17.7 Å². The lowest BCUT2D eigenvalue weighted by Crippen LogP contribution is -2.27. The Balaban J connectivity index is 2.07. The van der Waals surface area contributed by atoms with Crippen LogP contribution in [0.25, 0.3) is 6.08 Å². The number of hydrogen-bond donors (Lipinski definition) is 0. The summed E-state index contributed by atoms with van der Waals surface area (Å²) < 4.78 is 16.2. The fourth-order valence-corrected chi connectivity index (χ4v) is 2.65. The number of rotatable bonds is 9. The highest BCUT2D eigenvalue weighted by Gasteiger charge is 2.11. The lowest BCUT2D eigenvalue weighted by Gasteiger charge is -2.12. The average molecular weight is 418 g/mol. The van der Waals surface area contributed by atoms with Crippen molar-refractivity contribution in [1.29, 1.82) is 0 Å². The molecule has 2 aromatic carbocycles. The second kappa shape index (κ2) is 10.5. The Kier molecular flexibility index (Phi) is 8.09. The van der Waals surface area contributed by atoms with Gasteiger partial charge in [-0.3, -0.25) is 9.59 Å². The van der Waals surface area contributed by atoms with Gasteiger partial charge in [0, 0.05) is 19.7 Å². The number of hydrogen-bond acceptors (Lipinski definition) is 5. The molecule has 0 aliphatic rings. The molecule has 0 spiro atoms. The third-order valence-corrected chi connectivity index (χ3v) is 4.25. The molecule has 0 aliphatic heterocycles. The van der Waals surface area contributed by atoms with Crippen LogP contribution in [0, 0.1) is 0 Å². The van der Waals surface area contributed by atoms with Gasteiger partial charge >= 0.3 is 0 Å². The van der Waals surface area contributed by atoms with Crippen molar-refractivity contribution in [3.05, 3.63) is 58.6 Å². The first-order chi connectivity index (χ1) is 13.8. The molecule has 0 saturated heterocycles. The fourth-order valence-electron chi connectivity index (χ4n) is 2.38. The number of allylic oxidation sites excluding steroid dienone is 1. The molecule has 0 aliphatic carbocycles. The Labute approximate surface area is 175 Å². The lowest BCUT2D eigenvalue weighted by molar-refractivity contribution is -0.130. The van der Waals surface area contributed by atoms with Crippen LogP contribution < -0.4 is 14.2 Å². The highest BCUT2D eigenvalue weighted by Crippen LogP contribution is 2.36. The van der Waals surface area contributed by atoms with Crippen molar-refractivity contribution in [3.63, 3.8) is 0 Å². The minimum Gasteiger partial charge on any atom is -0.493 e. The van der Waals surface area contributed by atoms with E-state index in [1.54, 1.807) is 56.6 Å². The van der Waals surface area contributed by atoms with E-state index >= 15 is 0 Å². The van der Waals surface area contributed by atoms with Gasteiger partial charge in [-0.15, -0.1) is 0 Å². The molecule has 0 aromatic heterocycles. The predicted molar refractivity (Wildman–Crippen MR) is 113 cm³/mol. The number of carbonyl (C=O) groups excluding carboxylic acids is 2. The first kappa shape index (κ1) is 22.3. The smallest absolute Gasteiger partial charge is 0.259 e. The number of carbonyl (C=O) groups is 2. The summed E-state index contributed by atoms with van der Waals surface area (Å²) in [5, 5.41) is 0.409. The van der Waals surface area contributed by atoms with E-state index in [2.05, 4.69) is 0 Å². The Morgan fingerprint density at radius 1 is 1.10 bits per heavy atom. The van der Waals surface area contributed by atoms with Crippen molar-refractivity contribution in [2.24, 2.45) is 0 Å². The molecule has 29 heavy (non-hydrogen) atoms. The summed E-state index contributed by atoms with van der Waals surface area (Å²) in [6.07, 6.45) is 3.11. The van der Waals surface area contributed by atoms with Crippen LogP contribution in [0.1, 0.15) is 22.8 Å². The molecule has 6 nitrogen and oxygen atoms in total. The highest BCUT2D eigenvalue weighted by molar-refractivity contribution is 6.32. The van der Waals surface area contributed by atoms with Crippen molar-refractivity contribution in [2.75, 3.05) is 34.4 Å². The number of methoxy groups -OCH3 is 1. The van der Waals surface area contributed by atoms with E-state index in [0.29, 0.717) is 40.0 Å². The molecular formula is C22H24ClNO5. The van der Waals surface area contributed by atoms with Crippen LogP contribution in [0.2, 0.25) is 5.02 Å². The standard InChI is InChI=1S/C22H24ClNO5/c1-5-28-22-18(23)12-15(13-20(22)27-4)6-11-19(25)16-7-9-17(10-8-16)29-14-21(26)24(2)3/h6-13H,5,14H2,1-4H3/b11-6+. The largest absolute Gasteiger partial charge is 0.493 e. The summed E-state index contributed by atoms with van der Waals surface area (Å²) in [5.41, 5.74) is 1.21. The Bertz CT molecular complexity index is 891. The minimum atomic E-state index is -0.176. The molecule has 0 radical (unpaired) electrons. The van der Waals surface area contributed by atoms with Crippen LogP contribution in [0.5, 0.6) is 17.2 Å². The van der Waals surface area contributed by atoms with Crippen molar-refractivity contribution < 1.29 is 23.8 Å². The van der Waals surface area contributed by atoms with E-state index < -0.39 is 0 Å². The Hall–Kier alpha value is -2.99. The van der Waals surface area contributed by atoms with Gasteiger partial charge in [-0.2, -0.15) is 0 Å². The number of likely N-dealkylation sites (N-methyl/N-ethyl adjacent to an activating group) is 1. The molecule has 0 heterocycles. The molecule has 0 bridgehead atoms. The molecule has 0 N–H and O–H groups in total. The maximum Gasteiger partial charge on any atom is 0.259 e. The van der Waals surface area contributed by atoms with Gasteiger partial charge in [0.25, 0.3) is 5.91 Å². The average Bonchev–Trinajstić information content (AvgIpc) is 2.72. The molecule has 0 unspecified atom stereocenters. The summed E-state index contributed by atoms with van der Waals surface area (Å²) in [5.74, 6) is 1.18. The lowest BCUT2D eigenvalue weighted by atomic mass is 10.1. The number of ketones is 1. The summed E-state index contributed by atoms with van der Waals surface area (Å²) in [7, 11) is 4.85. The summed E-state index contributed by atoms with van der Waals surface area (Å²) >= 11 is 6.25. The second-order valence-electron chi connectivity index (χ2n) is 6.27. The van der Waals surface area contributed by atoms with Crippen LogP contribution in [-0.2, 0) is 4.79 Å². The minimum absolute atomic E-state index is 0.0550. The normalized spacial score (nSPS) is 10.7. The molecule has 0 saturated carbocycles. The van der Waals surface area contributed by atoms with Crippen molar-refractivity contribution in [1.82, 2.24) is 4.90 Å². The monoisotopic (exact) mass is 417 g/mol. The summed E-state index contributed by atoms with van der Waals surface area (Å²) in [6, 6.07) is 10.1. The van der Waals surface area contributed by atoms with Crippen LogP contribution in [0.4, 0.5) is 0 Å². The zero-order chi connectivity index (χ0) is 21.4. The third kappa shape index (κ3) is 6.26. The zero-order valence-electron chi connectivity index (χ0n) is 16.9. The molecular weight excluding hydrogens is 394 g/mol. The number of amides is 1. The van der Waals surface area contributed by atoms with Crippen molar-refractivity contribution in [2.45, 2.75) is 6.92 Å². The second-order valence-corrected chi connectivity index (χ2v) is 6.67. The van der Waals surface area contributed by atoms with Crippen LogP contribution in [-0.4, -0.2) is 51.0 Å². The van der Waals surface area contributed by atoms with Gasteiger partial charge in [0.15, 0.2) is 23.9 Å². The maximum absolute atomic E-state index is 12.4. The number of ether oxygens (including phenoxy) is 3. The summed E-state index contributed by atoms with van der Waals surface area (Å²) in [4.78, 5) is 25.4. The SMILES string of the molecule is CCOc1c(Cl)cc(/C=C/C(=O)c2ccc(OCC(=O)N(C)C)cc2)cc1OC. The van der Waals surface area contributed by atoms with Crippen LogP contribution in [0.3, 0.4) is 0 Å².